The van der Waals surface area contributed by atoms with E-state index in [1.165, 1.54) is 0 Å². The predicted molar refractivity (Wildman–Crippen MR) is 83.7 cm³/mol. The van der Waals surface area contributed by atoms with E-state index in [4.69, 9.17) is 5.73 Å². The summed E-state index contributed by atoms with van der Waals surface area (Å²) < 4.78 is 0. The molecule has 0 aliphatic carbocycles. The molecule has 0 fully saturated rings. The lowest BCUT2D eigenvalue weighted by atomic mass is 9.99. The largest absolute Gasteiger partial charge is 0.508 e. The zero-order chi connectivity index (χ0) is 15.5. The highest BCUT2D eigenvalue weighted by Gasteiger charge is 2.13. The Morgan fingerprint density at radius 3 is 2.59 bits per heavy atom. The summed E-state index contributed by atoms with van der Waals surface area (Å²) in [7, 11) is 0. The molecule has 106 valence electrons. The van der Waals surface area contributed by atoms with Crippen molar-refractivity contribution in [3.05, 3.63) is 60.4 Å². The Labute approximate surface area is 127 Å². The van der Waals surface area contributed by atoms with Crippen LogP contribution in [0.25, 0.3) is 22.4 Å². The van der Waals surface area contributed by atoms with Crippen LogP contribution < -0.4 is 5.73 Å². The Balaban J connectivity index is 2.24. The first-order valence-electron chi connectivity index (χ1n) is 6.59. The molecule has 0 atom stereocenters. The van der Waals surface area contributed by atoms with Crippen molar-refractivity contribution < 1.29 is 5.11 Å². The number of nitrogens with two attached hydrogens (primary N) is 1. The fourth-order valence-electron chi connectivity index (χ4n) is 2.25. The van der Waals surface area contributed by atoms with E-state index in [0.29, 0.717) is 16.8 Å². The van der Waals surface area contributed by atoms with Gasteiger partial charge in [-0.25, -0.2) is 4.98 Å². The number of aromatic hydroxyl groups is 1. The van der Waals surface area contributed by atoms with Crippen LogP contribution in [0, 0.1) is 11.3 Å². The van der Waals surface area contributed by atoms with Gasteiger partial charge in [0.15, 0.2) is 0 Å². The van der Waals surface area contributed by atoms with Gasteiger partial charge in [-0.05, 0) is 24.3 Å². The van der Waals surface area contributed by atoms with Crippen molar-refractivity contribution in [3.8, 4) is 34.2 Å². The van der Waals surface area contributed by atoms with Gasteiger partial charge in [-0.2, -0.15) is 5.26 Å². The van der Waals surface area contributed by atoms with Gasteiger partial charge in [-0.3, -0.25) is 4.98 Å². The monoisotopic (exact) mass is 288 g/mol. The summed E-state index contributed by atoms with van der Waals surface area (Å²) in [6.07, 6.45) is 3.33. The molecule has 0 spiro atoms. The van der Waals surface area contributed by atoms with Crippen molar-refractivity contribution in [3.63, 3.8) is 0 Å². The molecular weight excluding hydrogens is 276 g/mol. The van der Waals surface area contributed by atoms with Crippen LogP contribution in [0.1, 0.15) is 5.56 Å². The van der Waals surface area contributed by atoms with E-state index < -0.39 is 0 Å². The van der Waals surface area contributed by atoms with Crippen LogP contribution in [0.5, 0.6) is 5.75 Å². The van der Waals surface area contributed by atoms with Gasteiger partial charge in [-0.15, -0.1) is 0 Å². The third kappa shape index (κ3) is 2.45. The van der Waals surface area contributed by atoms with Crippen LogP contribution in [0.15, 0.2) is 54.9 Å². The summed E-state index contributed by atoms with van der Waals surface area (Å²) in [4.78, 5) is 8.34. The van der Waals surface area contributed by atoms with E-state index in [1.54, 1.807) is 42.7 Å². The average molecular weight is 288 g/mol. The van der Waals surface area contributed by atoms with E-state index in [2.05, 4.69) is 16.0 Å². The Morgan fingerprint density at radius 1 is 1.09 bits per heavy atom. The van der Waals surface area contributed by atoms with Gasteiger partial charge in [0, 0.05) is 29.1 Å². The molecule has 22 heavy (non-hydrogen) atoms. The number of hydrogen-bond donors (Lipinski definition) is 2. The normalized spacial score (nSPS) is 10.1. The lowest BCUT2D eigenvalue weighted by Crippen LogP contribution is -1.99. The van der Waals surface area contributed by atoms with E-state index in [0.717, 1.165) is 11.1 Å². The standard InChI is InChI=1S/C17H12N4O/c18-9-15-14(12-4-2-6-20-10-12)8-16(21-17(15)19)11-3-1-5-13(22)7-11/h1-8,10,22H,(H2,19,21). The maximum absolute atomic E-state index is 9.61. The zero-order valence-electron chi connectivity index (χ0n) is 11.6. The number of nitrogen functional groups attached to an aromatic ring is 1. The van der Waals surface area contributed by atoms with Crippen molar-refractivity contribution in [2.75, 3.05) is 5.73 Å². The first kappa shape index (κ1) is 13.6. The second-order valence-electron chi connectivity index (χ2n) is 4.72. The Bertz CT molecular complexity index is 870. The molecule has 0 aliphatic heterocycles. The fourth-order valence-corrected chi connectivity index (χ4v) is 2.25. The van der Waals surface area contributed by atoms with Crippen LogP contribution in [-0.2, 0) is 0 Å². The van der Waals surface area contributed by atoms with Crippen LogP contribution in [0.3, 0.4) is 0 Å². The molecule has 0 saturated carbocycles. The van der Waals surface area contributed by atoms with Crippen LogP contribution >= 0.6 is 0 Å². The molecule has 0 unspecified atom stereocenters. The molecular formula is C17H12N4O. The highest BCUT2D eigenvalue weighted by molar-refractivity contribution is 5.79. The van der Waals surface area contributed by atoms with Gasteiger partial charge in [0.2, 0.25) is 0 Å². The third-order valence-corrected chi connectivity index (χ3v) is 3.27. The lowest BCUT2D eigenvalue weighted by Gasteiger charge is -2.10. The minimum absolute atomic E-state index is 0.144. The number of pyridine rings is 2. The van der Waals surface area contributed by atoms with E-state index in [1.807, 2.05) is 12.1 Å². The highest BCUT2D eigenvalue weighted by Crippen LogP contribution is 2.31. The Kier molecular flexibility index (Phi) is 3.42. The molecule has 3 N–H and O–H groups in total. The third-order valence-electron chi connectivity index (χ3n) is 3.27. The van der Waals surface area contributed by atoms with Gasteiger partial charge in [-0.1, -0.05) is 18.2 Å². The number of nitriles is 1. The van der Waals surface area contributed by atoms with Crippen molar-refractivity contribution in [1.82, 2.24) is 9.97 Å². The summed E-state index contributed by atoms with van der Waals surface area (Å²) in [5.41, 5.74) is 9.01. The SMILES string of the molecule is N#Cc1c(-c2cccnc2)cc(-c2cccc(O)c2)nc1N. The molecule has 3 rings (SSSR count). The number of aromatic nitrogens is 2. The molecule has 2 heterocycles. The van der Waals surface area contributed by atoms with Crippen molar-refractivity contribution >= 4 is 5.82 Å². The Morgan fingerprint density at radius 2 is 1.91 bits per heavy atom. The van der Waals surface area contributed by atoms with E-state index in [-0.39, 0.29) is 11.6 Å². The lowest BCUT2D eigenvalue weighted by molar-refractivity contribution is 0.475. The quantitative estimate of drug-likeness (QED) is 0.755. The smallest absolute Gasteiger partial charge is 0.142 e. The van der Waals surface area contributed by atoms with Gasteiger partial charge < -0.3 is 10.8 Å². The van der Waals surface area contributed by atoms with Crippen molar-refractivity contribution in [1.29, 1.82) is 5.26 Å². The van der Waals surface area contributed by atoms with Gasteiger partial charge in [0.25, 0.3) is 0 Å². The maximum atomic E-state index is 9.61. The second kappa shape index (κ2) is 5.54. The number of rotatable bonds is 2. The number of benzene rings is 1. The summed E-state index contributed by atoms with van der Waals surface area (Å²) in [5.74, 6) is 0.298. The first-order valence-corrected chi connectivity index (χ1v) is 6.59. The summed E-state index contributed by atoms with van der Waals surface area (Å²) in [5, 5.41) is 18.9. The molecule has 0 aliphatic rings. The maximum Gasteiger partial charge on any atom is 0.142 e. The minimum Gasteiger partial charge on any atom is -0.508 e. The van der Waals surface area contributed by atoms with E-state index in [9.17, 15) is 10.4 Å². The second-order valence-corrected chi connectivity index (χ2v) is 4.72. The Hall–Kier alpha value is -3.39. The van der Waals surface area contributed by atoms with Gasteiger partial charge in [0.05, 0.1) is 5.69 Å². The highest BCUT2D eigenvalue weighted by atomic mass is 16.3. The topological polar surface area (TPSA) is 95.8 Å². The summed E-state index contributed by atoms with van der Waals surface area (Å²) in [6, 6.07) is 14.2. The number of nitrogens with zero attached hydrogens (tertiary/aromatic N) is 3. The average Bonchev–Trinajstić information content (AvgIpc) is 2.55. The summed E-state index contributed by atoms with van der Waals surface area (Å²) >= 11 is 0. The molecule has 0 amide bonds. The van der Waals surface area contributed by atoms with Gasteiger partial charge in [0.1, 0.15) is 23.2 Å². The van der Waals surface area contributed by atoms with E-state index >= 15 is 0 Å². The van der Waals surface area contributed by atoms with Crippen LogP contribution in [0.2, 0.25) is 0 Å². The molecule has 0 saturated heterocycles. The molecule has 2 aromatic heterocycles. The summed E-state index contributed by atoms with van der Waals surface area (Å²) in [6.45, 7) is 0. The molecule has 5 heteroatoms. The van der Waals surface area contributed by atoms with Crippen molar-refractivity contribution in [2.24, 2.45) is 0 Å². The molecule has 0 bridgehead atoms. The minimum atomic E-state index is 0.144. The first-order chi connectivity index (χ1) is 10.7. The molecule has 1 aromatic carbocycles. The van der Waals surface area contributed by atoms with Crippen LogP contribution in [-0.4, -0.2) is 15.1 Å². The van der Waals surface area contributed by atoms with Crippen LogP contribution in [0.4, 0.5) is 5.82 Å². The number of phenols is 1. The molecule has 3 aromatic rings. The van der Waals surface area contributed by atoms with Gasteiger partial charge >= 0.3 is 0 Å². The number of phenolic OH excluding ortho intramolecular Hbond substituents is 1. The number of anilines is 1. The molecule has 5 nitrogen and oxygen atoms in total. The fraction of sp³-hybridized carbons (Fsp3) is 0. The number of hydrogen-bond acceptors (Lipinski definition) is 5. The predicted octanol–water partition coefficient (Wildman–Crippen LogP) is 2.97. The van der Waals surface area contributed by atoms with Crippen molar-refractivity contribution in [2.45, 2.75) is 0 Å². The zero-order valence-corrected chi connectivity index (χ0v) is 11.6. The molecule has 0 radical (unpaired) electrons.